The standard InChI is InChI=1S/C16H24N2O/c1-4-18-9-7-15(8-10-18)17-16(19)14-6-5-12(2)13(3)11-14/h5-6,11,15H,4,7-10H2,1-3H3,(H,17,19). The predicted octanol–water partition coefficient (Wildman–Crippen LogP) is 2.52. The number of nitrogens with zero attached hydrogens (tertiary/aromatic N) is 1. The van der Waals surface area contributed by atoms with Crippen LogP contribution in [0.2, 0.25) is 0 Å². The van der Waals surface area contributed by atoms with Gasteiger partial charge in [-0.2, -0.15) is 0 Å². The minimum Gasteiger partial charge on any atom is -0.349 e. The summed E-state index contributed by atoms with van der Waals surface area (Å²) in [4.78, 5) is 14.6. The van der Waals surface area contributed by atoms with E-state index in [-0.39, 0.29) is 5.91 Å². The maximum absolute atomic E-state index is 12.2. The van der Waals surface area contributed by atoms with Crippen molar-refractivity contribution in [1.82, 2.24) is 10.2 Å². The summed E-state index contributed by atoms with van der Waals surface area (Å²) in [7, 11) is 0. The topological polar surface area (TPSA) is 32.3 Å². The summed E-state index contributed by atoms with van der Waals surface area (Å²) in [5.41, 5.74) is 3.18. The normalized spacial score (nSPS) is 17.4. The molecule has 1 aliphatic rings. The minimum atomic E-state index is 0.0676. The summed E-state index contributed by atoms with van der Waals surface area (Å²) in [6.07, 6.45) is 2.12. The third kappa shape index (κ3) is 3.57. The number of carbonyl (C=O) groups excluding carboxylic acids is 1. The molecule has 0 spiro atoms. The molecule has 0 unspecified atom stereocenters. The molecule has 19 heavy (non-hydrogen) atoms. The predicted molar refractivity (Wildman–Crippen MR) is 78.5 cm³/mol. The minimum absolute atomic E-state index is 0.0676. The van der Waals surface area contributed by atoms with E-state index >= 15 is 0 Å². The third-order valence-corrected chi connectivity index (χ3v) is 4.14. The fourth-order valence-corrected chi connectivity index (χ4v) is 2.54. The van der Waals surface area contributed by atoms with E-state index in [0.717, 1.165) is 38.0 Å². The molecule has 1 amide bonds. The first-order valence-corrected chi connectivity index (χ1v) is 7.20. The Balaban J connectivity index is 1.92. The molecular weight excluding hydrogens is 236 g/mol. The lowest BCUT2D eigenvalue weighted by Gasteiger charge is -2.31. The smallest absolute Gasteiger partial charge is 0.251 e. The molecule has 3 heteroatoms. The van der Waals surface area contributed by atoms with Crippen molar-refractivity contribution in [3.05, 3.63) is 34.9 Å². The lowest BCUT2D eigenvalue weighted by Crippen LogP contribution is -2.44. The first-order chi connectivity index (χ1) is 9.10. The van der Waals surface area contributed by atoms with E-state index in [9.17, 15) is 4.79 Å². The van der Waals surface area contributed by atoms with Crippen LogP contribution in [0.15, 0.2) is 18.2 Å². The molecule has 0 atom stereocenters. The molecule has 1 fully saturated rings. The van der Waals surface area contributed by atoms with Crippen LogP contribution in [0.1, 0.15) is 41.3 Å². The van der Waals surface area contributed by atoms with Crippen LogP contribution >= 0.6 is 0 Å². The van der Waals surface area contributed by atoms with Crippen LogP contribution in [-0.4, -0.2) is 36.5 Å². The van der Waals surface area contributed by atoms with Crippen LogP contribution in [-0.2, 0) is 0 Å². The highest BCUT2D eigenvalue weighted by Gasteiger charge is 2.20. The highest BCUT2D eigenvalue weighted by molar-refractivity contribution is 5.94. The summed E-state index contributed by atoms with van der Waals surface area (Å²) < 4.78 is 0. The fraction of sp³-hybridized carbons (Fsp3) is 0.562. The molecule has 1 heterocycles. The van der Waals surface area contributed by atoms with Gasteiger partial charge < -0.3 is 10.2 Å². The molecule has 1 saturated heterocycles. The number of carbonyl (C=O) groups is 1. The first kappa shape index (κ1) is 14.1. The molecule has 1 aliphatic heterocycles. The van der Waals surface area contributed by atoms with E-state index in [2.05, 4.69) is 24.1 Å². The molecule has 2 rings (SSSR count). The largest absolute Gasteiger partial charge is 0.349 e. The van der Waals surface area contributed by atoms with Crippen LogP contribution in [0, 0.1) is 13.8 Å². The van der Waals surface area contributed by atoms with E-state index in [1.807, 2.05) is 25.1 Å². The van der Waals surface area contributed by atoms with Gasteiger partial charge in [0.25, 0.3) is 5.91 Å². The lowest BCUT2D eigenvalue weighted by molar-refractivity contribution is 0.0912. The average Bonchev–Trinajstić information content (AvgIpc) is 2.42. The second-order valence-corrected chi connectivity index (χ2v) is 5.48. The summed E-state index contributed by atoms with van der Waals surface area (Å²) in [6, 6.07) is 6.24. The Bertz CT molecular complexity index is 448. The number of piperidine rings is 1. The van der Waals surface area contributed by atoms with Crippen LogP contribution in [0.25, 0.3) is 0 Å². The van der Waals surface area contributed by atoms with Gasteiger partial charge in [-0.3, -0.25) is 4.79 Å². The monoisotopic (exact) mass is 260 g/mol. The number of aryl methyl sites for hydroxylation is 2. The molecule has 0 radical (unpaired) electrons. The van der Waals surface area contributed by atoms with Crippen molar-refractivity contribution in [2.75, 3.05) is 19.6 Å². The van der Waals surface area contributed by atoms with Crippen molar-refractivity contribution in [2.24, 2.45) is 0 Å². The van der Waals surface area contributed by atoms with Crippen molar-refractivity contribution >= 4 is 5.91 Å². The SMILES string of the molecule is CCN1CCC(NC(=O)c2ccc(C)c(C)c2)CC1. The number of nitrogens with one attached hydrogen (secondary N) is 1. The Morgan fingerprint density at radius 3 is 2.53 bits per heavy atom. The zero-order valence-corrected chi connectivity index (χ0v) is 12.2. The van der Waals surface area contributed by atoms with Crippen LogP contribution in [0.3, 0.4) is 0 Å². The zero-order valence-electron chi connectivity index (χ0n) is 12.2. The number of rotatable bonds is 3. The lowest BCUT2D eigenvalue weighted by atomic mass is 10.0. The van der Waals surface area contributed by atoms with Gasteiger partial charge in [0, 0.05) is 24.7 Å². The van der Waals surface area contributed by atoms with E-state index in [1.165, 1.54) is 11.1 Å². The Hall–Kier alpha value is -1.35. The van der Waals surface area contributed by atoms with Crippen molar-refractivity contribution < 1.29 is 4.79 Å². The molecule has 104 valence electrons. The Morgan fingerprint density at radius 1 is 1.26 bits per heavy atom. The van der Waals surface area contributed by atoms with Crippen molar-refractivity contribution in [3.8, 4) is 0 Å². The summed E-state index contributed by atoms with van der Waals surface area (Å²) in [5, 5.41) is 3.16. The van der Waals surface area contributed by atoms with E-state index in [1.54, 1.807) is 0 Å². The number of hydrogen-bond acceptors (Lipinski definition) is 2. The fourth-order valence-electron chi connectivity index (χ4n) is 2.54. The molecule has 1 N–H and O–H groups in total. The molecule has 1 aromatic carbocycles. The molecule has 3 nitrogen and oxygen atoms in total. The number of benzene rings is 1. The average molecular weight is 260 g/mol. The second kappa shape index (κ2) is 6.20. The van der Waals surface area contributed by atoms with Gasteiger partial charge in [-0.15, -0.1) is 0 Å². The Kier molecular flexibility index (Phi) is 4.59. The summed E-state index contributed by atoms with van der Waals surface area (Å²) in [6.45, 7) is 9.60. The third-order valence-electron chi connectivity index (χ3n) is 4.14. The van der Waals surface area contributed by atoms with Crippen molar-refractivity contribution in [3.63, 3.8) is 0 Å². The van der Waals surface area contributed by atoms with Gasteiger partial charge >= 0.3 is 0 Å². The Morgan fingerprint density at radius 2 is 1.95 bits per heavy atom. The van der Waals surface area contributed by atoms with Gasteiger partial charge in [-0.1, -0.05) is 13.0 Å². The van der Waals surface area contributed by atoms with Crippen molar-refractivity contribution in [1.29, 1.82) is 0 Å². The van der Waals surface area contributed by atoms with Crippen molar-refractivity contribution in [2.45, 2.75) is 39.7 Å². The number of amides is 1. The molecule has 1 aromatic rings. The van der Waals surface area contributed by atoms with Gasteiger partial charge in [0.2, 0.25) is 0 Å². The number of hydrogen-bond donors (Lipinski definition) is 1. The summed E-state index contributed by atoms with van der Waals surface area (Å²) >= 11 is 0. The molecule has 0 aliphatic carbocycles. The molecule has 0 saturated carbocycles. The van der Waals surface area contributed by atoms with E-state index < -0.39 is 0 Å². The van der Waals surface area contributed by atoms with Crippen LogP contribution in [0.4, 0.5) is 0 Å². The van der Waals surface area contributed by atoms with Gasteiger partial charge in [0.15, 0.2) is 0 Å². The van der Waals surface area contributed by atoms with Gasteiger partial charge in [0.1, 0.15) is 0 Å². The van der Waals surface area contributed by atoms with Crippen LogP contribution < -0.4 is 5.32 Å². The van der Waals surface area contributed by atoms with Gasteiger partial charge in [-0.25, -0.2) is 0 Å². The number of likely N-dealkylation sites (tertiary alicyclic amines) is 1. The quantitative estimate of drug-likeness (QED) is 0.905. The molecule has 0 aromatic heterocycles. The Labute approximate surface area is 116 Å². The second-order valence-electron chi connectivity index (χ2n) is 5.48. The maximum atomic E-state index is 12.2. The van der Waals surface area contributed by atoms with Gasteiger partial charge in [0.05, 0.1) is 0 Å². The highest BCUT2D eigenvalue weighted by Crippen LogP contribution is 2.13. The zero-order chi connectivity index (χ0) is 13.8. The molecule has 0 bridgehead atoms. The maximum Gasteiger partial charge on any atom is 0.251 e. The first-order valence-electron chi connectivity index (χ1n) is 7.20. The van der Waals surface area contributed by atoms with Crippen LogP contribution in [0.5, 0.6) is 0 Å². The van der Waals surface area contributed by atoms with E-state index in [0.29, 0.717) is 6.04 Å². The molecular formula is C16H24N2O. The van der Waals surface area contributed by atoms with Gasteiger partial charge in [-0.05, 0) is 56.5 Å². The highest BCUT2D eigenvalue weighted by atomic mass is 16.1. The summed E-state index contributed by atoms with van der Waals surface area (Å²) in [5.74, 6) is 0.0676. The van der Waals surface area contributed by atoms with E-state index in [4.69, 9.17) is 0 Å².